The van der Waals surface area contributed by atoms with Gasteiger partial charge in [-0.15, -0.1) is 0 Å². The predicted octanol–water partition coefficient (Wildman–Crippen LogP) is -5.46. The average Bonchev–Trinajstić information content (AvgIpc) is 2.60. The van der Waals surface area contributed by atoms with Gasteiger partial charge in [-0.05, 0) is 31.8 Å². The summed E-state index contributed by atoms with van der Waals surface area (Å²) in [7, 11) is 7.74. The highest BCUT2D eigenvalue weighted by Crippen LogP contribution is 2.13. The van der Waals surface area contributed by atoms with Crippen LogP contribution in [0.4, 0.5) is 0 Å². The maximum absolute atomic E-state index is 11.8. The zero-order chi connectivity index (χ0) is 14.0. The summed E-state index contributed by atoms with van der Waals surface area (Å²) in [5.74, 6) is 0. The highest BCUT2D eigenvalue weighted by Gasteiger charge is 2.07. The van der Waals surface area contributed by atoms with E-state index in [1.165, 1.54) is 5.56 Å². The minimum atomic E-state index is 0. The van der Waals surface area contributed by atoms with E-state index in [9.17, 15) is 4.79 Å². The molecule has 0 spiro atoms. The lowest BCUT2D eigenvalue weighted by Crippen LogP contribution is -3.00. The number of nitrogens with zero attached hydrogens (tertiary/aromatic N) is 3. The van der Waals surface area contributed by atoms with Gasteiger partial charge < -0.3 is 35.0 Å². The summed E-state index contributed by atoms with van der Waals surface area (Å²) in [4.78, 5) is 14.0. The summed E-state index contributed by atoms with van der Waals surface area (Å²) in [6, 6.07) is 6.17. The van der Waals surface area contributed by atoms with Gasteiger partial charge >= 0.3 is 5.69 Å². The molecule has 1 heterocycles. The van der Waals surface area contributed by atoms with Gasteiger partial charge in [-0.1, -0.05) is 6.07 Å². The number of rotatable bonds is 5. The van der Waals surface area contributed by atoms with Crippen LogP contribution >= 0.6 is 0 Å². The van der Waals surface area contributed by atoms with E-state index >= 15 is 0 Å². The van der Waals surface area contributed by atoms with Crippen LogP contribution in [0.5, 0.6) is 0 Å². The van der Waals surface area contributed by atoms with Crippen LogP contribution in [-0.4, -0.2) is 41.2 Å². The number of benzene rings is 1. The first-order valence-corrected chi connectivity index (χ1v) is 6.50. The molecule has 1 N–H and O–H groups in total. The molecule has 2 rings (SSSR count). The normalized spacial score (nSPS) is 10.5. The van der Waals surface area contributed by atoms with Crippen molar-refractivity contribution in [3.8, 4) is 0 Å². The quantitative estimate of drug-likeness (QED) is 0.556. The fourth-order valence-corrected chi connectivity index (χ4v) is 2.20. The lowest BCUT2D eigenvalue weighted by molar-refractivity contribution is -0.00100. The second-order valence-corrected chi connectivity index (χ2v) is 5.20. The van der Waals surface area contributed by atoms with Crippen molar-refractivity contribution < 1.29 is 24.8 Å². The Hall–Kier alpha value is -1.01. The van der Waals surface area contributed by atoms with E-state index < -0.39 is 0 Å². The number of hydrogen-bond acceptors (Lipinski definition) is 3. The van der Waals surface area contributed by atoms with E-state index in [1.54, 1.807) is 16.2 Å². The molecule has 1 aromatic carbocycles. The Balaban J connectivity index is 0.00000200. The van der Waals surface area contributed by atoms with E-state index in [0.29, 0.717) is 0 Å². The molecule has 0 saturated carbocycles. The van der Waals surface area contributed by atoms with Crippen molar-refractivity contribution in [1.82, 2.24) is 19.4 Å². The molecule has 0 aliphatic carbocycles. The lowest BCUT2D eigenvalue weighted by atomic mass is 10.2. The van der Waals surface area contributed by atoms with E-state index in [4.69, 9.17) is 0 Å². The van der Waals surface area contributed by atoms with Crippen LogP contribution in [0.1, 0.15) is 5.56 Å². The third kappa shape index (κ3) is 4.48. The molecular weight excluding hydrogens is 311 g/mol. The van der Waals surface area contributed by atoms with Crippen LogP contribution in [-0.2, 0) is 20.6 Å². The maximum Gasteiger partial charge on any atom is 0.328 e. The van der Waals surface area contributed by atoms with E-state index in [0.717, 1.165) is 30.7 Å². The van der Waals surface area contributed by atoms with Crippen LogP contribution < -0.4 is 35.8 Å². The molecule has 0 bridgehead atoms. The van der Waals surface area contributed by atoms with Crippen molar-refractivity contribution in [2.45, 2.75) is 6.54 Å². The number of aromatic nitrogens is 2. The monoisotopic (exact) mass is 332 g/mol. The number of aryl methyl sites for hydroxylation is 2. The molecule has 0 aliphatic rings. The number of nitrogens with one attached hydrogen (secondary N) is 1. The van der Waals surface area contributed by atoms with Crippen molar-refractivity contribution in [2.75, 3.05) is 27.2 Å². The van der Waals surface area contributed by atoms with Crippen LogP contribution in [0, 0.1) is 0 Å². The highest BCUT2D eigenvalue weighted by atomic mass is 35.5. The molecule has 0 atom stereocenters. The minimum absolute atomic E-state index is 0. The van der Waals surface area contributed by atoms with Gasteiger partial charge in [-0.25, -0.2) is 4.79 Å². The molecule has 21 heavy (non-hydrogen) atoms. The van der Waals surface area contributed by atoms with Gasteiger partial charge in [0, 0.05) is 33.7 Å². The number of likely N-dealkylation sites (N-methyl/N-ethyl adjacent to an activating group) is 1. The van der Waals surface area contributed by atoms with Crippen molar-refractivity contribution in [2.24, 2.45) is 14.1 Å². The highest BCUT2D eigenvalue weighted by molar-refractivity contribution is 5.76. The third-order valence-electron chi connectivity index (χ3n) is 3.40. The van der Waals surface area contributed by atoms with Gasteiger partial charge in [0.1, 0.15) is 0 Å². The first-order valence-electron chi connectivity index (χ1n) is 6.50. The van der Waals surface area contributed by atoms with Gasteiger partial charge in [0.05, 0.1) is 11.0 Å². The zero-order valence-corrected chi connectivity index (χ0v) is 14.4. The number of fused-ring (bicyclic) bond motifs is 1. The Labute approximate surface area is 137 Å². The summed E-state index contributed by atoms with van der Waals surface area (Å²) in [6.07, 6.45) is 0. The molecule has 0 fully saturated rings. The van der Waals surface area contributed by atoms with E-state index in [-0.39, 0.29) is 30.5 Å². The summed E-state index contributed by atoms with van der Waals surface area (Å²) in [5, 5.41) is 3.40. The number of imidazole rings is 1. The second kappa shape index (κ2) is 8.44. The van der Waals surface area contributed by atoms with Gasteiger partial charge in [0.25, 0.3) is 0 Å². The summed E-state index contributed by atoms with van der Waals surface area (Å²) >= 11 is 0. The minimum Gasteiger partial charge on any atom is -1.00 e. The van der Waals surface area contributed by atoms with Crippen LogP contribution in [0.2, 0.25) is 0 Å². The van der Waals surface area contributed by atoms with Gasteiger partial charge in [-0.2, -0.15) is 0 Å². The van der Waals surface area contributed by atoms with Gasteiger partial charge in [0.2, 0.25) is 0 Å². The zero-order valence-electron chi connectivity index (χ0n) is 12.9. The lowest BCUT2D eigenvalue weighted by Gasteiger charge is -2.10. The van der Waals surface area contributed by atoms with E-state index in [2.05, 4.69) is 36.4 Å². The van der Waals surface area contributed by atoms with Crippen molar-refractivity contribution in [3.05, 3.63) is 34.2 Å². The molecule has 1 aromatic heterocycles. The third-order valence-corrected chi connectivity index (χ3v) is 3.40. The Kier molecular flexibility index (Phi) is 8.03. The molecule has 5 nitrogen and oxygen atoms in total. The largest absolute Gasteiger partial charge is 1.00 e. The molecule has 0 aliphatic heterocycles. The van der Waals surface area contributed by atoms with Crippen molar-refractivity contribution in [3.63, 3.8) is 0 Å². The molecule has 120 valence electrons. The standard InChI is InChI=1S/C14H22N4O.2ClH/c1-16(2)8-7-15-10-11-5-6-12-13(9-11)18(4)14(19)17(12)3;;/h5-6,9,15H,7-8,10H2,1-4H3;2*1H/p-2. The topological polar surface area (TPSA) is 42.2 Å². The summed E-state index contributed by atoms with van der Waals surface area (Å²) in [6.45, 7) is 2.80. The Morgan fingerprint density at radius 3 is 2.33 bits per heavy atom. The number of halogens is 2. The summed E-state index contributed by atoms with van der Waals surface area (Å²) in [5.41, 5.74) is 3.18. The fourth-order valence-electron chi connectivity index (χ4n) is 2.20. The molecule has 0 saturated heterocycles. The predicted molar refractivity (Wildman–Crippen MR) is 78.4 cm³/mol. The molecule has 0 amide bonds. The smallest absolute Gasteiger partial charge is 0.328 e. The first kappa shape index (κ1) is 20.0. The molecule has 0 unspecified atom stereocenters. The fraction of sp³-hybridized carbons (Fsp3) is 0.500. The Morgan fingerprint density at radius 2 is 1.71 bits per heavy atom. The average molecular weight is 333 g/mol. The SMILES string of the molecule is CN(C)CCNCc1ccc2c(c1)n(C)c(=O)n2C.[Cl-].[Cl-]. The van der Waals surface area contributed by atoms with Crippen LogP contribution in [0.25, 0.3) is 11.0 Å². The van der Waals surface area contributed by atoms with Crippen LogP contribution in [0.15, 0.2) is 23.0 Å². The second-order valence-electron chi connectivity index (χ2n) is 5.20. The molecular formula is C14H22Cl2N4O-2. The van der Waals surface area contributed by atoms with E-state index in [1.807, 2.05) is 13.1 Å². The first-order chi connectivity index (χ1) is 9.00. The molecule has 0 radical (unpaired) electrons. The molecule has 2 aromatic rings. The Bertz CT molecular complexity index is 634. The molecule has 7 heteroatoms. The van der Waals surface area contributed by atoms with Crippen molar-refractivity contribution >= 4 is 11.0 Å². The Morgan fingerprint density at radius 1 is 1.10 bits per heavy atom. The van der Waals surface area contributed by atoms with Gasteiger partial charge in [0.15, 0.2) is 0 Å². The maximum atomic E-state index is 11.8. The number of hydrogen-bond donors (Lipinski definition) is 1. The van der Waals surface area contributed by atoms with Gasteiger partial charge in [-0.3, -0.25) is 9.13 Å². The van der Waals surface area contributed by atoms with Crippen LogP contribution in [0.3, 0.4) is 0 Å². The summed E-state index contributed by atoms with van der Waals surface area (Å²) < 4.78 is 3.37. The van der Waals surface area contributed by atoms with Crippen molar-refractivity contribution in [1.29, 1.82) is 0 Å².